The van der Waals surface area contributed by atoms with Gasteiger partial charge in [0.25, 0.3) is 0 Å². The molecule has 0 fully saturated rings. The first kappa shape index (κ1) is 22.4. The molecule has 0 radical (unpaired) electrons. The normalized spacial score (nSPS) is 15.7. The summed E-state index contributed by atoms with van der Waals surface area (Å²) < 4.78 is 1.28. The molecule has 0 saturated carbocycles. The lowest BCUT2D eigenvalue weighted by atomic mass is 9.98. The van der Waals surface area contributed by atoms with Crippen molar-refractivity contribution in [2.24, 2.45) is 0 Å². The Hall–Kier alpha value is -2.77. The number of rotatable bonds is 7. The van der Waals surface area contributed by atoms with Gasteiger partial charge in [-0.25, -0.2) is 9.97 Å². The number of anilines is 2. The monoisotopic (exact) mass is 453 g/mol. The molecule has 3 heterocycles. The maximum atomic E-state index is 10.5. The van der Waals surface area contributed by atoms with E-state index in [4.69, 9.17) is 16.6 Å². The summed E-state index contributed by atoms with van der Waals surface area (Å²) in [6.07, 6.45) is 12.3. The Balaban J connectivity index is 1.54. The van der Waals surface area contributed by atoms with Crippen molar-refractivity contribution in [3.05, 3.63) is 57.7 Å². The van der Waals surface area contributed by atoms with Crippen LogP contribution in [0.25, 0.3) is 6.08 Å². The summed E-state index contributed by atoms with van der Waals surface area (Å²) in [5, 5.41) is 14.6. The van der Waals surface area contributed by atoms with E-state index in [1.54, 1.807) is 6.20 Å². The highest BCUT2D eigenvalue weighted by Gasteiger charge is 2.28. The van der Waals surface area contributed by atoms with Crippen molar-refractivity contribution in [1.29, 1.82) is 0 Å². The van der Waals surface area contributed by atoms with E-state index in [9.17, 15) is 5.21 Å². The van der Waals surface area contributed by atoms with Gasteiger partial charge in [-0.1, -0.05) is 11.6 Å². The number of hydroxylamine groups is 1. The van der Waals surface area contributed by atoms with E-state index in [1.165, 1.54) is 10.3 Å². The zero-order valence-corrected chi connectivity index (χ0v) is 19.7. The number of hydrogen-bond donors (Lipinski definition) is 2. The number of halogens is 1. The first-order valence-electron chi connectivity index (χ1n) is 11.0. The highest BCUT2D eigenvalue weighted by atomic mass is 35.5. The van der Waals surface area contributed by atoms with Crippen LogP contribution >= 0.6 is 11.6 Å². The molecule has 0 spiro atoms. The van der Waals surface area contributed by atoms with E-state index >= 15 is 0 Å². The highest BCUT2D eigenvalue weighted by molar-refractivity contribution is 6.31. The summed E-state index contributed by atoms with van der Waals surface area (Å²) in [5.74, 6) is 0.508. The molecule has 2 aliphatic rings. The molecule has 0 bridgehead atoms. The van der Waals surface area contributed by atoms with Crippen molar-refractivity contribution in [2.45, 2.75) is 45.6 Å². The van der Waals surface area contributed by atoms with Gasteiger partial charge in [0.05, 0.1) is 22.6 Å². The van der Waals surface area contributed by atoms with E-state index in [0.29, 0.717) is 18.9 Å². The topological polar surface area (TPSA) is 77.2 Å². The van der Waals surface area contributed by atoms with Gasteiger partial charge in [0.1, 0.15) is 0 Å². The number of nitrogens with zero attached hydrogens (tertiary/aromatic N) is 5. The van der Waals surface area contributed by atoms with Gasteiger partial charge < -0.3 is 10.2 Å². The molecule has 2 aromatic rings. The maximum absolute atomic E-state index is 10.5. The van der Waals surface area contributed by atoms with Crippen molar-refractivity contribution >= 4 is 35.0 Å². The summed E-state index contributed by atoms with van der Waals surface area (Å²) >= 11 is 6.25. The Kier molecular flexibility index (Phi) is 6.86. The summed E-state index contributed by atoms with van der Waals surface area (Å²) in [5.41, 5.74) is 6.41. The van der Waals surface area contributed by atoms with Crippen molar-refractivity contribution < 1.29 is 9.95 Å². The molecule has 0 atom stereocenters. The summed E-state index contributed by atoms with van der Waals surface area (Å²) in [4.78, 5) is 16.0. The maximum Gasteiger partial charge on any atom is 0.235 e. The average molecular weight is 454 g/mol. The quantitative estimate of drug-likeness (QED) is 0.366. The second-order valence-electron chi connectivity index (χ2n) is 8.66. The number of aryl methyl sites for hydroxylation is 2. The van der Waals surface area contributed by atoms with Crippen LogP contribution in [0.1, 0.15) is 48.2 Å². The van der Waals surface area contributed by atoms with Crippen LogP contribution in [0.3, 0.4) is 0 Å². The molecule has 1 aliphatic heterocycles. The lowest BCUT2D eigenvalue weighted by Crippen LogP contribution is -2.20. The lowest BCUT2D eigenvalue weighted by Gasteiger charge is -2.12. The van der Waals surface area contributed by atoms with Crippen LogP contribution in [0.4, 0.5) is 11.6 Å². The third-order valence-corrected chi connectivity index (χ3v) is 6.08. The minimum Gasteiger partial charge on any atom is -0.323 e. The van der Waals surface area contributed by atoms with Crippen LogP contribution in [0.15, 0.2) is 35.1 Å². The molecule has 8 heteroatoms. The molecule has 4 rings (SSSR count). The minimum absolute atomic E-state index is 0.347. The van der Waals surface area contributed by atoms with E-state index < -0.39 is 0 Å². The van der Waals surface area contributed by atoms with Gasteiger partial charge in [0.2, 0.25) is 18.2 Å². The molecule has 1 aliphatic carbocycles. The summed E-state index contributed by atoms with van der Waals surface area (Å²) in [7, 11) is 4.20. The Morgan fingerprint density at radius 2 is 2.00 bits per heavy atom. The lowest BCUT2D eigenvalue weighted by molar-refractivity contribution is -0.787. The van der Waals surface area contributed by atoms with Crippen LogP contribution in [-0.4, -0.2) is 56.1 Å². The highest BCUT2D eigenvalue weighted by Crippen LogP contribution is 2.28. The second-order valence-corrected chi connectivity index (χ2v) is 9.15. The molecule has 0 unspecified atom stereocenters. The fraction of sp³-hybridized carbons (Fsp3) is 0.417. The molecule has 7 nitrogen and oxygen atoms in total. The van der Waals surface area contributed by atoms with Crippen LogP contribution < -0.4 is 5.32 Å². The predicted molar refractivity (Wildman–Crippen MR) is 128 cm³/mol. The summed E-state index contributed by atoms with van der Waals surface area (Å²) in [6, 6.07) is 2.14. The van der Waals surface area contributed by atoms with Gasteiger partial charge in [0, 0.05) is 29.4 Å². The second kappa shape index (κ2) is 9.79. The van der Waals surface area contributed by atoms with E-state index in [2.05, 4.69) is 40.3 Å². The Morgan fingerprint density at radius 1 is 1.16 bits per heavy atom. The van der Waals surface area contributed by atoms with Crippen LogP contribution in [-0.2, 0) is 13.0 Å². The van der Waals surface area contributed by atoms with Crippen molar-refractivity contribution in [2.75, 3.05) is 26.0 Å². The molecule has 168 valence electrons. The first-order valence-corrected chi connectivity index (χ1v) is 11.4. The predicted octanol–water partition coefficient (Wildman–Crippen LogP) is 4.46. The number of nitrogens with one attached hydrogen (secondary N) is 1. The van der Waals surface area contributed by atoms with Crippen molar-refractivity contribution in [3.8, 4) is 0 Å². The third kappa shape index (κ3) is 5.34. The van der Waals surface area contributed by atoms with Crippen molar-refractivity contribution in [1.82, 2.24) is 19.9 Å². The zero-order chi connectivity index (χ0) is 22.7. The molecular formula is C24H30ClN6O+. The molecular weight excluding hydrogens is 424 g/mol. The van der Waals surface area contributed by atoms with Crippen molar-refractivity contribution in [3.63, 3.8) is 0 Å². The number of allylic oxidation sites excluding steroid dienone is 3. The smallest absolute Gasteiger partial charge is 0.235 e. The molecule has 2 aromatic heterocycles. The number of hydrogen-bond acceptors (Lipinski definition) is 6. The van der Waals surface area contributed by atoms with E-state index in [1.807, 2.05) is 25.3 Å². The standard InChI is InChI=1S/C24H30ClN6O/c1-16-21(10-17(13-26-16)6-4-5-9-30(2)3)28-24-27-14-19-15-31(32)23-8-7-20(25)11-18(23)12-22(19)29-24/h10-14,32H,4-9,15H2,1-3H3,(H,27,28,29)/q+1. The molecule has 32 heavy (non-hydrogen) atoms. The number of unbranched alkanes of at least 4 members (excludes halogenated alkanes) is 1. The van der Waals surface area contributed by atoms with E-state index in [-0.39, 0.29) is 0 Å². The van der Waals surface area contributed by atoms with Gasteiger partial charge in [0.15, 0.2) is 0 Å². The van der Waals surface area contributed by atoms with Gasteiger partial charge in [-0.3, -0.25) is 10.2 Å². The fourth-order valence-electron chi connectivity index (χ4n) is 3.96. The van der Waals surface area contributed by atoms with Crippen LogP contribution in [0.5, 0.6) is 0 Å². The minimum atomic E-state index is 0.347. The van der Waals surface area contributed by atoms with Gasteiger partial charge in [-0.15, -0.1) is 0 Å². The number of pyridine rings is 1. The summed E-state index contributed by atoms with van der Waals surface area (Å²) in [6.45, 7) is 3.41. The number of aromatic nitrogens is 3. The van der Waals surface area contributed by atoms with Crippen LogP contribution in [0.2, 0.25) is 0 Å². The van der Waals surface area contributed by atoms with Gasteiger partial charge in [-0.2, -0.15) is 0 Å². The Labute approximate surface area is 194 Å². The molecule has 2 N–H and O–H groups in total. The van der Waals surface area contributed by atoms with Gasteiger partial charge in [-0.05, 0) is 81.8 Å². The zero-order valence-electron chi connectivity index (χ0n) is 18.9. The average Bonchev–Trinajstić information content (AvgIpc) is 2.88. The SMILES string of the molecule is Cc1ncc(CCCCN(C)C)cc1Nc1ncc2c(n1)C=C1C=C(Cl)CCC1=[N+](O)C2. The largest absolute Gasteiger partial charge is 0.323 e. The van der Waals surface area contributed by atoms with Crippen LogP contribution in [0, 0.1) is 6.92 Å². The first-order chi connectivity index (χ1) is 15.4. The Morgan fingerprint density at radius 3 is 2.81 bits per heavy atom. The molecule has 0 saturated heterocycles. The molecule has 0 aromatic carbocycles. The molecule has 0 amide bonds. The van der Waals surface area contributed by atoms with Gasteiger partial charge >= 0.3 is 0 Å². The number of fused-ring (bicyclic) bond motifs is 2. The van der Waals surface area contributed by atoms with E-state index in [0.717, 1.165) is 71.2 Å². The third-order valence-electron chi connectivity index (χ3n) is 5.78. The Bertz CT molecular complexity index is 1110. The fourth-order valence-corrected chi connectivity index (χ4v) is 4.17.